The second kappa shape index (κ2) is 6.81. The average molecular weight is 379 g/mol. The van der Waals surface area contributed by atoms with E-state index in [1.165, 1.54) is 12.1 Å². The summed E-state index contributed by atoms with van der Waals surface area (Å²) in [5, 5.41) is 0.721. The molecule has 2 N–H and O–H groups in total. The van der Waals surface area contributed by atoms with Crippen molar-refractivity contribution in [3.63, 3.8) is 0 Å². The van der Waals surface area contributed by atoms with Gasteiger partial charge >= 0.3 is 22.8 Å². The van der Waals surface area contributed by atoms with E-state index in [2.05, 4.69) is 18.8 Å². The first-order chi connectivity index (χ1) is 12.3. The Labute approximate surface area is 146 Å². The second-order valence-electron chi connectivity index (χ2n) is 4.98. The topological polar surface area (TPSA) is 126 Å². The van der Waals surface area contributed by atoms with E-state index in [1.54, 1.807) is 12.1 Å². The molecule has 0 saturated heterocycles. The minimum atomic E-state index is -0.843. The number of hydrogen-bond acceptors (Lipinski definition) is 6. The van der Waals surface area contributed by atoms with Crippen molar-refractivity contribution in [1.29, 1.82) is 0 Å². The van der Waals surface area contributed by atoms with Gasteiger partial charge in [0, 0.05) is 5.02 Å². The van der Waals surface area contributed by atoms with Gasteiger partial charge in [0.2, 0.25) is 0 Å². The van der Waals surface area contributed by atoms with Crippen LogP contribution in [0.5, 0.6) is 0 Å². The van der Waals surface area contributed by atoms with Crippen molar-refractivity contribution in [3.8, 4) is 0 Å². The number of aromatic amines is 2. The lowest BCUT2D eigenvalue weighted by Gasteiger charge is -1.94. The molecule has 10 heteroatoms. The average Bonchev–Trinajstić information content (AvgIpc) is 2.57. The number of rotatable bonds is 0. The molecule has 0 spiro atoms. The van der Waals surface area contributed by atoms with Crippen molar-refractivity contribution < 1.29 is 13.2 Å². The van der Waals surface area contributed by atoms with Crippen LogP contribution in [0.15, 0.2) is 64.4 Å². The molecule has 4 aromatic rings. The summed E-state index contributed by atoms with van der Waals surface area (Å²) in [6, 6.07) is 8.05. The number of hydrogen-bond donors (Lipinski definition) is 2. The molecular weight excluding hydrogens is 371 g/mol. The van der Waals surface area contributed by atoms with Gasteiger partial charge in [0.25, 0.3) is 0 Å². The first-order valence-corrected chi connectivity index (χ1v) is 7.36. The molecule has 0 radical (unpaired) electrons. The molecule has 0 unspecified atom stereocenters. The van der Waals surface area contributed by atoms with E-state index >= 15 is 0 Å². The van der Waals surface area contributed by atoms with Crippen LogP contribution in [0.3, 0.4) is 0 Å². The normalized spacial score (nSPS) is 10.5. The summed E-state index contributed by atoms with van der Waals surface area (Å²) < 4.78 is 21.2. The number of H-pyrrole nitrogens is 2. The maximum Gasteiger partial charge on any atom is 0.419 e. The van der Waals surface area contributed by atoms with Crippen LogP contribution in [-0.4, -0.2) is 9.97 Å². The highest BCUT2D eigenvalue weighted by atomic mass is 35.5. The van der Waals surface area contributed by atoms with E-state index in [0.29, 0.717) is 10.5 Å². The summed E-state index contributed by atoms with van der Waals surface area (Å²) in [4.78, 5) is 48.2. The molecule has 2 heterocycles. The maximum absolute atomic E-state index is 12.6. The summed E-state index contributed by atoms with van der Waals surface area (Å²) in [6.07, 6.45) is 0. The Hall–Kier alpha value is -3.46. The Morgan fingerprint density at radius 2 is 1.27 bits per heavy atom. The van der Waals surface area contributed by atoms with Gasteiger partial charge in [0.15, 0.2) is 0 Å². The molecule has 0 aliphatic rings. The quantitative estimate of drug-likeness (QED) is 0.480. The van der Waals surface area contributed by atoms with E-state index in [1.807, 2.05) is 0 Å². The molecule has 0 atom stereocenters. The number of halogens is 2. The third kappa shape index (κ3) is 3.62. The molecule has 0 aliphatic carbocycles. The number of aromatic nitrogens is 2. The smallest absolute Gasteiger partial charge is 0.372 e. The molecule has 4 rings (SSSR count). The molecule has 0 amide bonds. The molecule has 2 aromatic carbocycles. The SMILES string of the molecule is O=c1[nH]c2ccc(Cl)cc2c(=O)o1.O=c1[nH]c2ccc(F)cc2c(=O)o1. The summed E-state index contributed by atoms with van der Waals surface area (Å²) in [6.45, 7) is 0. The fourth-order valence-electron chi connectivity index (χ4n) is 2.14. The van der Waals surface area contributed by atoms with Gasteiger partial charge in [0.1, 0.15) is 5.82 Å². The van der Waals surface area contributed by atoms with E-state index in [9.17, 15) is 23.6 Å². The molecule has 132 valence electrons. The zero-order valence-electron chi connectivity index (χ0n) is 12.7. The van der Waals surface area contributed by atoms with E-state index in [-0.39, 0.29) is 16.3 Å². The van der Waals surface area contributed by atoms with Gasteiger partial charge in [-0.1, -0.05) is 11.6 Å². The molecule has 0 saturated carbocycles. The molecule has 0 aliphatic heterocycles. The van der Waals surface area contributed by atoms with Gasteiger partial charge in [-0.25, -0.2) is 23.6 Å². The van der Waals surface area contributed by atoms with Crippen molar-refractivity contribution in [1.82, 2.24) is 9.97 Å². The van der Waals surface area contributed by atoms with E-state index < -0.39 is 28.6 Å². The van der Waals surface area contributed by atoms with Crippen LogP contribution in [0.2, 0.25) is 5.02 Å². The largest absolute Gasteiger partial charge is 0.419 e. The number of fused-ring (bicyclic) bond motifs is 2. The lowest BCUT2D eigenvalue weighted by atomic mass is 10.2. The summed E-state index contributed by atoms with van der Waals surface area (Å²) in [7, 11) is 0. The minimum absolute atomic E-state index is 0.0274. The summed E-state index contributed by atoms with van der Waals surface area (Å²) >= 11 is 5.66. The standard InChI is InChI=1S/C8H4ClNO3.C8H4FNO3/c2*9-4-1-2-6-5(3-4)7(11)13-8(12)10-6/h2*1-3H,(H,10,12). The fraction of sp³-hybridized carbons (Fsp3) is 0. The van der Waals surface area contributed by atoms with Gasteiger partial charge < -0.3 is 8.83 Å². The molecular formula is C16H8ClFN2O6. The molecule has 0 bridgehead atoms. The van der Waals surface area contributed by atoms with Gasteiger partial charge in [-0.3, -0.25) is 9.97 Å². The van der Waals surface area contributed by atoms with Gasteiger partial charge in [-0.15, -0.1) is 0 Å². The molecule has 2 aromatic heterocycles. The predicted octanol–water partition coefficient (Wildman–Crippen LogP) is 1.76. The van der Waals surface area contributed by atoms with Crippen LogP contribution in [0.1, 0.15) is 0 Å². The second-order valence-corrected chi connectivity index (χ2v) is 5.42. The van der Waals surface area contributed by atoms with Gasteiger partial charge in [-0.2, -0.15) is 0 Å². The lowest BCUT2D eigenvalue weighted by Crippen LogP contribution is -2.14. The maximum atomic E-state index is 12.6. The molecule has 8 nitrogen and oxygen atoms in total. The molecule has 0 fully saturated rings. The van der Waals surface area contributed by atoms with Crippen LogP contribution in [0.4, 0.5) is 4.39 Å². The highest BCUT2D eigenvalue weighted by molar-refractivity contribution is 6.31. The number of benzene rings is 2. The monoisotopic (exact) mass is 378 g/mol. The third-order valence-corrected chi connectivity index (χ3v) is 3.48. The van der Waals surface area contributed by atoms with Crippen molar-refractivity contribution >= 4 is 33.4 Å². The van der Waals surface area contributed by atoms with Crippen LogP contribution in [-0.2, 0) is 0 Å². The third-order valence-electron chi connectivity index (χ3n) is 3.25. The van der Waals surface area contributed by atoms with Crippen molar-refractivity contribution in [2.24, 2.45) is 0 Å². The van der Waals surface area contributed by atoms with E-state index in [4.69, 9.17) is 11.6 Å². The Morgan fingerprint density at radius 3 is 1.85 bits per heavy atom. The Balaban J connectivity index is 0.000000151. The summed E-state index contributed by atoms with van der Waals surface area (Å²) in [5.41, 5.74) is -0.826. The molecule has 26 heavy (non-hydrogen) atoms. The Morgan fingerprint density at radius 1 is 0.769 bits per heavy atom. The highest BCUT2D eigenvalue weighted by Crippen LogP contribution is 2.13. The van der Waals surface area contributed by atoms with Crippen molar-refractivity contribution in [2.75, 3.05) is 0 Å². The van der Waals surface area contributed by atoms with Crippen LogP contribution in [0.25, 0.3) is 21.8 Å². The lowest BCUT2D eigenvalue weighted by molar-refractivity contribution is 0.459. The van der Waals surface area contributed by atoms with Crippen LogP contribution < -0.4 is 22.8 Å². The summed E-state index contributed by atoms with van der Waals surface area (Å²) in [5.74, 6) is -2.16. The van der Waals surface area contributed by atoms with Crippen molar-refractivity contribution in [3.05, 3.63) is 89.2 Å². The van der Waals surface area contributed by atoms with Crippen LogP contribution >= 0.6 is 11.6 Å². The zero-order valence-corrected chi connectivity index (χ0v) is 13.4. The number of nitrogens with one attached hydrogen (secondary N) is 2. The Kier molecular flexibility index (Phi) is 4.55. The van der Waals surface area contributed by atoms with Crippen molar-refractivity contribution in [2.45, 2.75) is 0 Å². The van der Waals surface area contributed by atoms with Gasteiger partial charge in [-0.05, 0) is 36.4 Å². The minimum Gasteiger partial charge on any atom is -0.372 e. The zero-order chi connectivity index (χ0) is 18.8. The first-order valence-electron chi connectivity index (χ1n) is 6.99. The van der Waals surface area contributed by atoms with Crippen LogP contribution in [0, 0.1) is 5.82 Å². The Bertz CT molecular complexity index is 1250. The fourth-order valence-corrected chi connectivity index (χ4v) is 2.31. The van der Waals surface area contributed by atoms with Gasteiger partial charge in [0.05, 0.1) is 21.8 Å². The predicted molar refractivity (Wildman–Crippen MR) is 91.2 cm³/mol. The highest BCUT2D eigenvalue weighted by Gasteiger charge is 2.03. The first kappa shape index (κ1) is 17.4. The van der Waals surface area contributed by atoms with E-state index in [0.717, 1.165) is 12.1 Å².